The molecule has 0 amide bonds. The number of carbonyl (C=O) groups excluding carboxylic acids is 1. The molecule has 0 bridgehead atoms. The zero-order chi connectivity index (χ0) is 16.7. The predicted molar refractivity (Wildman–Crippen MR) is 87.1 cm³/mol. The number of ether oxygens (including phenoxy) is 1. The van der Waals surface area contributed by atoms with Crippen molar-refractivity contribution in [3.8, 4) is 5.75 Å². The zero-order valence-corrected chi connectivity index (χ0v) is 13.8. The Kier molecular flexibility index (Phi) is 3.81. The fourth-order valence-corrected chi connectivity index (χ4v) is 3.05. The molecule has 7 nitrogen and oxygen atoms in total. The quantitative estimate of drug-likeness (QED) is 0.857. The number of nitrogens with two attached hydrogens (primary N) is 1. The van der Waals surface area contributed by atoms with Gasteiger partial charge in [-0.15, -0.1) is 0 Å². The number of nitrogens with zero attached hydrogens (tertiary/aromatic N) is 4. The number of aryl methyl sites for hydroxylation is 1. The maximum absolute atomic E-state index is 12.2. The third kappa shape index (κ3) is 2.57. The van der Waals surface area contributed by atoms with Crippen molar-refractivity contribution in [1.82, 2.24) is 15.0 Å². The highest BCUT2D eigenvalue weighted by Crippen LogP contribution is 2.33. The summed E-state index contributed by atoms with van der Waals surface area (Å²) in [6.07, 6.45) is 1.75. The molecule has 3 rings (SSSR count). The highest BCUT2D eigenvalue weighted by Gasteiger charge is 2.32. The molecule has 1 aliphatic rings. The maximum Gasteiger partial charge on any atom is 0.223 e. The predicted octanol–water partition coefficient (Wildman–Crippen LogP) is 1.94. The Hall–Kier alpha value is -2.41. The van der Waals surface area contributed by atoms with Crippen LogP contribution in [0.5, 0.6) is 5.75 Å². The van der Waals surface area contributed by atoms with Crippen molar-refractivity contribution in [2.75, 3.05) is 24.3 Å². The van der Waals surface area contributed by atoms with E-state index in [1.54, 1.807) is 18.2 Å². The number of methoxy groups -OCH3 is 1. The molecule has 0 aliphatic carbocycles. The van der Waals surface area contributed by atoms with E-state index >= 15 is 0 Å². The summed E-state index contributed by atoms with van der Waals surface area (Å²) in [6, 6.07) is 0. The molecule has 0 radical (unpaired) electrons. The van der Waals surface area contributed by atoms with Gasteiger partial charge in [0.15, 0.2) is 5.78 Å². The Morgan fingerprint density at radius 3 is 2.83 bits per heavy atom. The standard InChI is InChI=1S/C15H16ClN5O2/c1-7-4-18-9(8(2)12(7)23-3)5-21-6-10(22)11-13(16)19-15(17)20-14(11)21/h4H,5-6H2,1-3H3,(H2,17,19,20). The van der Waals surface area contributed by atoms with Crippen LogP contribution in [-0.2, 0) is 6.54 Å². The molecule has 23 heavy (non-hydrogen) atoms. The molecule has 0 saturated carbocycles. The molecular weight excluding hydrogens is 318 g/mol. The third-order valence-corrected chi connectivity index (χ3v) is 4.14. The van der Waals surface area contributed by atoms with Gasteiger partial charge < -0.3 is 15.4 Å². The average molecular weight is 334 g/mol. The van der Waals surface area contributed by atoms with Crippen molar-refractivity contribution < 1.29 is 9.53 Å². The minimum atomic E-state index is -0.123. The van der Waals surface area contributed by atoms with E-state index in [-0.39, 0.29) is 23.4 Å². The summed E-state index contributed by atoms with van der Waals surface area (Å²) in [5, 5.41) is 0.0890. The molecule has 2 N–H and O–H groups in total. The monoisotopic (exact) mass is 333 g/mol. The highest BCUT2D eigenvalue weighted by atomic mass is 35.5. The van der Waals surface area contributed by atoms with E-state index in [4.69, 9.17) is 22.1 Å². The second kappa shape index (κ2) is 5.66. The lowest BCUT2D eigenvalue weighted by Gasteiger charge is -2.19. The van der Waals surface area contributed by atoms with E-state index in [2.05, 4.69) is 15.0 Å². The second-order valence-electron chi connectivity index (χ2n) is 5.40. The van der Waals surface area contributed by atoms with Crippen LogP contribution in [0.3, 0.4) is 0 Å². The summed E-state index contributed by atoms with van der Waals surface area (Å²) >= 11 is 6.02. The molecular formula is C15H16ClN5O2. The Bertz CT molecular complexity index is 809. The second-order valence-corrected chi connectivity index (χ2v) is 5.75. The van der Waals surface area contributed by atoms with Crippen LogP contribution in [0.1, 0.15) is 27.2 Å². The van der Waals surface area contributed by atoms with Gasteiger partial charge >= 0.3 is 0 Å². The van der Waals surface area contributed by atoms with Crippen LogP contribution in [0.2, 0.25) is 5.15 Å². The van der Waals surface area contributed by atoms with Crippen LogP contribution < -0.4 is 15.4 Å². The van der Waals surface area contributed by atoms with Gasteiger partial charge in [-0.1, -0.05) is 11.6 Å². The molecule has 1 aliphatic heterocycles. The summed E-state index contributed by atoms with van der Waals surface area (Å²) in [6.45, 7) is 4.46. The number of halogens is 1. The first-order valence-corrected chi connectivity index (χ1v) is 7.40. The van der Waals surface area contributed by atoms with Crippen molar-refractivity contribution >= 4 is 29.2 Å². The van der Waals surface area contributed by atoms with Gasteiger partial charge in [0.2, 0.25) is 5.95 Å². The number of rotatable bonds is 3. The Labute approximate surface area is 138 Å². The fourth-order valence-electron chi connectivity index (χ4n) is 2.78. The Morgan fingerprint density at radius 1 is 1.39 bits per heavy atom. The van der Waals surface area contributed by atoms with Gasteiger partial charge in [-0.2, -0.15) is 4.98 Å². The summed E-state index contributed by atoms with van der Waals surface area (Å²) < 4.78 is 5.42. The Balaban J connectivity index is 2.00. The minimum absolute atomic E-state index is 0.0413. The number of ketones is 1. The van der Waals surface area contributed by atoms with E-state index in [1.807, 2.05) is 13.8 Å². The van der Waals surface area contributed by atoms with Crippen LogP contribution in [0.25, 0.3) is 0 Å². The first-order valence-electron chi connectivity index (χ1n) is 7.02. The lowest BCUT2D eigenvalue weighted by molar-refractivity contribution is 0.101. The maximum atomic E-state index is 12.2. The van der Waals surface area contributed by atoms with Crippen LogP contribution in [0.4, 0.5) is 11.8 Å². The number of fused-ring (bicyclic) bond motifs is 1. The molecule has 0 spiro atoms. The van der Waals surface area contributed by atoms with Crippen molar-refractivity contribution in [2.24, 2.45) is 0 Å². The van der Waals surface area contributed by atoms with Crippen molar-refractivity contribution in [3.63, 3.8) is 0 Å². The number of nitrogen functional groups attached to an aromatic ring is 1. The normalized spacial score (nSPS) is 13.4. The van der Waals surface area contributed by atoms with Gasteiger partial charge in [0, 0.05) is 17.3 Å². The SMILES string of the molecule is COc1c(C)cnc(CN2CC(=O)c3c(Cl)nc(N)nc32)c1C. The Morgan fingerprint density at radius 2 is 2.13 bits per heavy atom. The van der Waals surface area contributed by atoms with E-state index < -0.39 is 0 Å². The van der Waals surface area contributed by atoms with Gasteiger partial charge in [0.25, 0.3) is 0 Å². The molecule has 0 atom stereocenters. The molecule has 120 valence electrons. The van der Waals surface area contributed by atoms with Crippen LogP contribution in [0.15, 0.2) is 6.20 Å². The minimum Gasteiger partial charge on any atom is -0.496 e. The summed E-state index contributed by atoms with van der Waals surface area (Å²) in [4.78, 5) is 26.4. The fraction of sp³-hybridized carbons (Fsp3) is 0.333. The first-order chi connectivity index (χ1) is 10.9. The number of Topliss-reactive ketones (excluding diaryl/α,β-unsaturated/α-hetero) is 1. The summed E-state index contributed by atoms with van der Waals surface area (Å²) in [5.41, 5.74) is 8.66. The van der Waals surface area contributed by atoms with Gasteiger partial charge in [0.1, 0.15) is 16.7 Å². The molecule has 8 heteroatoms. The first kappa shape index (κ1) is 15.5. The molecule has 0 fully saturated rings. The van der Waals surface area contributed by atoms with E-state index in [0.717, 1.165) is 22.6 Å². The summed E-state index contributed by atoms with van der Waals surface area (Å²) in [7, 11) is 1.63. The number of hydrogen-bond donors (Lipinski definition) is 1. The zero-order valence-electron chi connectivity index (χ0n) is 13.1. The van der Waals surface area contributed by atoms with Crippen molar-refractivity contribution in [1.29, 1.82) is 0 Å². The van der Waals surface area contributed by atoms with Crippen LogP contribution in [0, 0.1) is 13.8 Å². The number of hydrogen-bond acceptors (Lipinski definition) is 7. The van der Waals surface area contributed by atoms with Crippen molar-refractivity contribution in [3.05, 3.63) is 33.7 Å². The van der Waals surface area contributed by atoms with E-state index in [9.17, 15) is 4.79 Å². The lowest BCUT2D eigenvalue weighted by atomic mass is 10.1. The van der Waals surface area contributed by atoms with E-state index in [1.165, 1.54) is 0 Å². The largest absolute Gasteiger partial charge is 0.496 e. The number of pyridine rings is 1. The van der Waals surface area contributed by atoms with Crippen molar-refractivity contribution in [2.45, 2.75) is 20.4 Å². The summed E-state index contributed by atoms with van der Waals surface area (Å²) in [5.74, 6) is 1.16. The van der Waals surface area contributed by atoms with Crippen LogP contribution in [-0.4, -0.2) is 34.4 Å². The van der Waals surface area contributed by atoms with Gasteiger partial charge in [0.05, 0.1) is 31.5 Å². The third-order valence-electron chi connectivity index (χ3n) is 3.87. The van der Waals surface area contributed by atoms with Gasteiger partial charge in [-0.3, -0.25) is 9.78 Å². The highest BCUT2D eigenvalue weighted by molar-refractivity contribution is 6.34. The number of carbonyl (C=O) groups is 1. The molecule has 0 aromatic carbocycles. The lowest BCUT2D eigenvalue weighted by Crippen LogP contribution is -2.24. The van der Waals surface area contributed by atoms with E-state index in [0.29, 0.717) is 17.9 Å². The topological polar surface area (TPSA) is 94.2 Å². The van der Waals surface area contributed by atoms with Gasteiger partial charge in [-0.05, 0) is 13.8 Å². The molecule has 3 heterocycles. The molecule has 2 aromatic rings. The van der Waals surface area contributed by atoms with Crippen LogP contribution >= 0.6 is 11.6 Å². The molecule has 0 saturated heterocycles. The molecule has 0 unspecified atom stereocenters. The molecule has 2 aromatic heterocycles. The smallest absolute Gasteiger partial charge is 0.223 e. The number of anilines is 2. The average Bonchev–Trinajstić information content (AvgIpc) is 2.79. The number of aromatic nitrogens is 3. The van der Waals surface area contributed by atoms with Gasteiger partial charge in [-0.25, -0.2) is 4.98 Å².